The molecule has 0 spiro atoms. The van der Waals surface area contributed by atoms with E-state index in [0.717, 1.165) is 44.9 Å². The first-order valence-electron chi connectivity index (χ1n) is 13.7. The molecule has 0 aliphatic heterocycles. The molecule has 5 aliphatic rings. The number of ketones is 1. The van der Waals surface area contributed by atoms with Gasteiger partial charge in [0.05, 0.1) is 12.3 Å². The maximum absolute atomic E-state index is 14.3. The number of Topliss-reactive ketones (excluding diaryl/α,β-unsaturated/α-hetero) is 1. The van der Waals surface area contributed by atoms with Crippen LogP contribution in [0.5, 0.6) is 0 Å². The molecule has 9 atom stereocenters. The fourth-order valence-electron chi connectivity index (χ4n) is 10.6. The van der Waals surface area contributed by atoms with Crippen molar-refractivity contribution in [2.45, 2.75) is 99.3 Å². The van der Waals surface area contributed by atoms with Crippen LogP contribution in [-0.4, -0.2) is 22.6 Å². The topological polar surface area (TPSA) is 61.9 Å². The van der Waals surface area contributed by atoms with Gasteiger partial charge < -0.3 is 10.2 Å². The molecule has 5 aliphatic carbocycles. The highest BCUT2D eigenvalue weighted by Gasteiger charge is 2.71. The zero-order valence-corrected chi connectivity index (χ0v) is 22.2. The molecule has 0 aromatic heterocycles. The van der Waals surface area contributed by atoms with Gasteiger partial charge in [0.25, 0.3) is 0 Å². The number of rotatable bonds is 1. The number of fused-ring (bicyclic) bond motifs is 7. The Kier molecular flexibility index (Phi) is 5.26. The van der Waals surface area contributed by atoms with Crippen LogP contribution >= 0.6 is 0 Å². The third kappa shape index (κ3) is 2.89. The third-order valence-corrected chi connectivity index (χ3v) is 12.9. The smallest absolute Gasteiger partial charge is 0.202 e. The van der Waals surface area contributed by atoms with Crippen molar-refractivity contribution in [1.82, 2.24) is 0 Å². The second kappa shape index (κ2) is 7.34. The fourth-order valence-corrected chi connectivity index (χ4v) is 10.6. The van der Waals surface area contributed by atoms with Gasteiger partial charge in [0.2, 0.25) is 5.70 Å². The van der Waals surface area contributed by atoms with Crippen molar-refractivity contribution >= 4 is 5.78 Å². The van der Waals surface area contributed by atoms with E-state index in [0.29, 0.717) is 36.0 Å². The van der Waals surface area contributed by atoms with Crippen molar-refractivity contribution in [2.24, 2.45) is 56.7 Å². The van der Waals surface area contributed by atoms with Gasteiger partial charge in [0, 0.05) is 24.9 Å². The van der Waals surface area contributed by atoms with Gasteiger partial charge in [0.1, 0.15) is 5.78 Å². The minimum absolute atomic E-state index is 0.0134. The van der Waals surface area contributed by atoms with Crippen LogP contribution in [0.15, 0.2) is 11.5 Å². The number of carbonyl (C=O) groups excluding carboxylic acids is 1. The molecule has 5 rings (SSSR count). The van der Waals surface area contributed by atoms with E-state index in [4.69, 9.17) is 6.57 Å². The van der Waals surface area contributed by atoms with Crippen LogP contribution in [0, 0.1) is 63.2 Å². The van der Waals surface area contributed by atoms with Gasteiger partial charge in [-0.25, -0.2) is 4.85 Å². The minimum Gasteiger partial charge on any atom is -0.523 e. The van der Waals surface area contributed by atoms with Crippen molar-refractivity contribution in [2.75, 3.05) is 6.61 Å². The average molecular weight is 468 g/mol. The second-order valence-corrected chi connectivity index (χ2v) is 14.6. The molecule has 0 bridgehead atoms. The van der Waals surface area contributed by atoms with Crippen molar-refractivity contribution in [3.8, 4) is 0 Å². The molecule has 188 valence electrons. The van der Waals surface area contributed by atoms with Crippen LogP contribution in [0.25, 0.3) is 4.85 Å². The molecule has 2 N–H and O–H groups in total. The fraction of sp³-hybridized carbons (Fsp3) is 0.867. The molecule has 0 amide bonds. The lowest BCUT2D eigenvalue weighted by molar-refractivity contribution is -0.230. The first-order valence-corrected chi connectivity index (χ1v) is 13.7. The lowest BCUT2D eigenvalue weighted by Gasteiger charge is -2.72. The molecular weight excluding hydrogens is 422 g/mol. The summed E-state index contributed by atoms with van der Waals surface area (Å²) in [6.45, 7) is 21.9. The molecule has 0 aromatic carbocycles. The van der Waals surface area contributed by atoms with Gasteiger partial charge in [-0.15, -0.1) is 0 Å². The van der Waals surface area contributed by atoms with Gasteiger partial charge in [-0.3, -0.25) is 4.79 Å². The normalized spacial score (nSPS) is 52.1. The highest BCUT2D eigenvalue weighted by Crippen LogP contribution is 2.75. The van der Waals surface area contributed by atoms with Gasteiger partial charge in [-0.2, -0.15) is 0 Å². The molecule has 34 heavy (non-hydrogen) atoms. The zero-order valence-electron chi connectivity index (χ0n) is 22.2. The third-order valence-electron chi connectivity index (χ3n) is 12.9. The summed E-state index contributed by atoms with van der Waals surface area (Å²) in [5, 5.41) is 21.4. The summed E-state index contributed by atoms with van der Waals surface area (Å²) in [4.78, 5) is 18.0. The molecule has 4 nitrogen and oxygen atoms in total. The molecule has 4 fully saturated rings. The lowest BCUT2D eigenvalue weighted by Crippen LogP contribution is -2.68. The summed E-state index contributed by atoms with van der Waals surface area (Å²) in [6.07, 6.45) is 8.59. The van der Waals surface area contributed by atoms with Crippen molar-refractivity contribution in [3.63, 3.8) is 0 Å². The molecular formula is C30H45NO3. The van der Waals surface area contributed by atoms with E-state index in [1.807, 2.05) is 0 Å². The molecule has 0 aromatic rings. The Morgan fingerprint density at radius 1 is 1.00 bits per heavy atom. The summed E-state index contributed by atoms with van der Waals surface area (Å²) in [5.74, 6) is 1.55. The van der Waals surface area contributed by atoms with E-state index >= 15 is 0 Å². The van der Waals surface area contributed by atoms with Gasteiger partial charge in [-0.1, -0.05) is 41.5 Å². The predicted octanol–water partition coefficient (Wildman–Crippen LogP) is 6.95. The Bertz CT molecular complexity index is 976. The van der Waals surface area contributed by atoms with Crippen molar-refractivity contribution in [1.29, 1.82) is 0 Å². The number of aliphatic hydroxyl groups is 2. The Hall–Kier alpha value is -1.34. The van der Waals surface area contributed by atoms with Gasteiger partial charge in [-0.05, 0) is 96.2 Å². The SMILES string of the molecule is [C-]#[N+]C1=C(O)[C@@H](C)[C@@H]2CC[C@]3(C)[C@H](CC(=O)[C@@H]4[C@@H]5CC(C)(C)CC[C@]5(CO)CC[C@]43C)[C@@]2(C)C1. The van der Waals surface area contributed by atoms with Crippen LogP contribution in [-0.2, 0) is 4.79 Å². The van der Waals surface area contributed by atoms with Gasteiger partial charge >= 0.3 is 0 Å². The maximum Gasteiger partial charge on any atom is 0.202 e. The molecule has 0 unspecified atom stereocenters. The first-order chi connectivity index (χ1) is 15.8. The maximum atomic E-state index is 14.3. The van der Waals surface area contributed by atoms with E-state index in [1.165, 1.54) is 0 Å². The molecule has 0 radical (unpaired) electrons. The summed E-state index contributed by atoms with van der Waals surface area (Å²) < 4.78 is 0. The number of hydrogen-bond donors (Lipinski definition) is 2. The monoisotopic (exact) mass is 467 g/mol. The Balaban J connectivity index is 1.60. The highest BCUT2D eigenvalue weighted by atomic mass is 16.3. The van der Waals surface area contributed by atoms with E-state index in [-0.39, 0.29) is 57.4 Å². The number of allylic oxidation sites excluding steroid dienone is 2. The van der Waals surface area contributed by atoms with Crippen LogP contribution in [0.1, 0.15) is 99.3 Å². The van der Waals surface area contributed by atoms with Crippen LogP contribution < -0.4 is 0 Å². The minimum atomic E-state index is -0.139. The first kappa shape index (κ1) is 24.4. The quantitative estimate of drug-likeness (QED) is 0.410. The second-order valence-electron chi connectivity index (χ2n) is 14.6. The van der Waals surface area contributed by atoms with E-state index in [9.17, 15) is 15.0 Å². The predicted molar refractivity (Wildman–Crippen MR) is 134 cm³/mol. The summed E-state index contributed by atoms with van der Waals surface area (Å²) >= 11 is 0. The van der Waals surface area contributed by atoms with Crippen molar-refractivity contribution in [3.05, 3.63) is 22.9 Å². The van der Waals surface area contributed by atoms with Crippen LogP contribution in [0.3, 0.4) is 0 Å². The number of nitrogens with zero attached hydrogens (tertiary/aromatic N) is 1. The lowest BCUT2D eigenvalue weighted by atomic mass is 9.32. The highest BCUT2D eigenvalue weighted by molar-refractivity contribution is 5.84. The largest absolute Gasteiger partial charge is 0.523 e. The van der Waals surface area contributed by atoms with E-state index in [1.54, 1.807) is 0 Å². The van der Waals surface area contributed by atoms with Gasteiger partial charge in [0.15, 0.2) is 0 Å². The summed E-state index contributed by atoms with van der Waals surface area (Å²) in [6, 6.07) is 0. The van der Waals surface area contributed by atoms with E-state index in [2.05, 4.69) is 46.4 Å². The standard InChI is InChI=1S/C30H45NO3/c1-18-19-8-9-28(5)23(27(19,4)16-21(31-7)25(18)34)14-22(33)24-20-15-26(2,3)10-12-30(20,17-32)13-11-29(24,28)6/h18-20,23-24,32,34H,8-17H2,1-6H3/t18-,19-,20-,23+,24-,27-,28+,29+,30+/m0/s1. The zero-order chi connectivity index (χ0) is 24.9. The van der Waals surface area contributed by atoms with E-state index < -0.39 is 0 Å². The number of aliphatic hydroxyl groups excluding tert-OH is 2. The Morgan fingerprint density at radius 2 is 1.68 bits per heavy atom. The number of hydrogen-bond acceptors (Lipinski definition) is 3. The average Bonchev–Trinajstić information content (AvgIpc) is 2.77. The Labute approximate surface area is 206 Å². The summed E-state index contributed by atoms with van der Waals surface area (Å²) in [7, 11) is 0. The molecule has 4 saturated carbocycles. The molecule has 0 heterocycles. The summed E-state index contributed by atoms with van der Waals surface area (Å²) in [5.41, 5.74) is 0.453. The van der Waals surface area contributed by atoms with Crippen molar-refractivity contribution < 1.29 is 15.0 Å². The van der Waals surface area contributed by atoms with Crippen LogP contribution in [0.2, 0.25) is 0 Å². The molecule has 0 saturated heterocycles. The molecule has 4 heteroatoms. The van der Waals surface area contributed by atoms with Crippen LogP contribution in [0.4, 0.5) is 0 Å². The Morgan fingerprint density at radius 3 is 2.32 bits per heavy atom. The number of carbonyl (C=O) groups is 1.